The average molecular weight is 601 g/mol. The van der Waals surface area contributed by atoms with Gasteiger partial charge in [0.1, 0.15) is 5.41 Å². The molecule has 3 aliphatic rings. The molecule has 3 atom stereocenters. The van der Waals surface area contributed by atoms with Crippen LogP contribution in [0.25, 0.3) is 6.08 Å². The van der Waals surface area contributed by atoms with Gasteiger partial charge in [0.15, 0.2) is 28.8 Å². The minimum Gasteiger partial charge on any atom is -0.493 e. The van der Waals surface area contributed by atoms with E-state index in [2.05, 4.69) is 15.9 Å². The smallest absolute Gasteiger partial charge is 0.180 e. The lowest BCUT2D eigenvalue weighted by atomic mass is 9.63. The highest BCUT2D eigenvalue weighted by atomic mass is 79.9. The number of fused-ring (bicyclic) bond motifs is 5. The molecule has 0 bridgehead atoms. The van der Waals surface area contributed by atoms with Gasteiger partial charge in [-0.3, -0.25) is 14.4 Å². The maximum atomic E-state index is 14.7. The van der Waals surface area contributed by atoms with Crippen molar-refractivity contribution >= 4 is 45.0 Å². The van der Waals surface area contributed by atoms with Gasteiger partial charge in [0.25, 0.3) is 0 Å². The number of carbonyl (C=O) groups is 3. The van der Waals surface area contributed by atoms with Crippen LogP contribution in [0.5, 0.6) is 11.5 Å². The number of Topliss-reactive ketones (excluding diaryl/α,β-unsaturated/α-hetero) is 3. The van der Waals surface area contributed by atoms with Crippen LogP contribution in [-0.2, 0) is 4.79 Å². The van der Waals surface area contributed by atoms with E-state index >= 15 is 0 Å². The van der Waals surface area contributed by atoms with Crippen LogP contribution >= 0.6 is 15.9 Å². The lowest BCUT2D eigenvalue weighted by Crippen LogP contribution is -2.49. The molecule has 1 spiro atoms. The standard InChI is InChI=1S/C33H30BrNO5/c1-32(2,3)31(38)27-26(22-11-8-12-24(39-4)28(22)40-5)33(29(36)20-9-6-7-10-21(20)30(33)37)25-16-13-18-17-19(34)14-15-23(18)35(25)27/h6-17,25-27H,1-5H3/t25-,26-,27-/m1/s1. The number of benzene rings is 3. The topological polar surface area (TPSA) is 72.9 Å². The van der Waals surface area contributed by atoms with E-state index in [1.165, 1.54) is 7.11 Å². The third-order valence-electron chi connectivity index (χ3n) is 8.54. The van der Waals surface area contributed by atoms with Crippen molar-refractivity contribution in [3.8, 4) is 11.5 Å². The Labute approximate surface area is 242 Å². The van der Waals surface area contributed by atoms with Crippen LogP contribution in [0.1, 0.15) is 58.5 Å². The summed E-state index contributed by atoms with van der Waals surface area (Å²) in [4.78, 5) is 46.1. The summed E-state index contributed by atoms with van der Waals surface area (Å²) in [7, 11) is 3.09. The molecule has 1 saturated heterocycles. The number of anilines is 1. The van der Waals surface area contributed by atoms with Crippen molar-refractivity contribution in [3.63, 3.8) is 0 Å². The second-order valence-corrected chi connectivity index (χ2v) is 12.5. The minimum atomic E-state index is -1.59. The van der Waals surface area contributed by atoms with E-state index in [-0.39, 0.29) is 17.3 Å². The Kier molecular flexibility index (Phi) is 6.07. The quantitative estimate of drug-likeness (QED) is 0.318. The predicted octanol–water partition coefficient (Wildman–Crippen LogP) is 6.51. The monoisotopic (exact) mass is 599 g/mol. The van der Waals surface area contributed by atoms with Gasteiger partial charge in [-0.15, -0.1) is 0 Å². The summed E-state index contributed by atoms with van der Waals surface area (Å²) >= 11 is 3.56. The molecule has 6 rings (SSSR count). The number of nitrogens with zero attached hydrogens (tertiary/aromatic N) is 1. The van der Waals surface area contributed by atoms with E-state index in [1.807, 2.05) is 68.2 Å². The molecule has 0 unspecified atom stereocenters. The fraction of sp³-hybridized carbons (Fsp3) is 0.303. The summed E-state index contributed by atoms with van der Waals surface area (Å²) in [5.74, 6) is -0.569. The van der Waals surface area contributed by atoms with Crippen molar-refractivity contribution in [1.29, 1.82) is 0 Å². The van der Waals surface area contributed by atoms with Crippen molar-refractivity contribution in [2.75, 3.05) is 19.1 Å². The van der Waals surface area contributed by atoms with Gasteiger partial charge in [0, 0.05) is 38.2 Å². The van der Waals surface area contributed by atoms with Gasteiger partial charge in [-0.05, 0) is 29.8 Å². The van der Waals surface area contributed by atoms with E-state index in [4.69, 9.17) is 9.47 Å². The second kappa shape index (κ2) is 9.16. The van der Waals surface area contributed by atoms with Gasteiger partial charge in [-0.1, -0.05) is 85.3 Å². The highest BCUT2D eigenvalue weighted by molar-refractivity contribution is 9.10. The molecule has 204 valence electrons. The van der Waals surface area contributed by atoms with Gasteiger partial charge in [0.2, 0.25) is 0 Å². The van der Waals surface area contributed by atoms with Crippen LogP contribution in [0.2, 0.25) is 0 Å². The number of halogens is 1. The molecule has 0 saturated carbocycles. The summed E-state index contributed by atoms with van der Waals surface area (Å²) in [5.41, 5.74) is 0.728. The zero-order chi connectivity index (χ0) is 28.6. The third kappa shape index (κ3) is 3.43. The largest absolute Gasteiger partial charge is 0.493 e. The van der Waals surface area contributed by atoms with Crippen LogP contribution in [-0.4, -0.2) is 43.7 Å². The molecule has 6 nitrogen and oxygen atoms in total. The van der Waals surface area contributed by atoms with E-state index in [0.717, 1.165) is 15.7 Å². The molecule has 2 aliphatic heterocycles. The highest BCUT2D eigenvalue weighted by Gasteiger charge is 2.72. The Morgan fingerprint density at radius 3 is 2.20 bits per heavy atom. The van der Waals surface area contributed by atoms with Gasteiger partial charge in [-0.25, -0.2) is 0 Å². The summed E-state index contributed by atoms with van der Waals surface area (Å²) in [6.45, 7) is 5.64. The summed E-state index contributed by atoms with van der Waals surface area (Å²) < 4.78 is 12.4. The Hall–Kier alpha value is -3.71. The molecule has 0 N–H and O–H groups in total. The fourth-order valence-corrected chi connectivity index (χ4v) is 7.27. The Balaban J connectivity index is 1.74. The lowest BCUT2D eigenvalue weighted by Gasteiger charge is -2.38. The Bertz CT molecular complexity index is 1580. The zero-order valence-corrected chi connectivity index (χ0v) is 24.6. The number of methoxy groups -OCH3 is 2. The van der Waals surface area contributed by atoms with Gasteiger partial charge < -0.3 is 14.4 Å². The van der Waals surface area contributed by atoms with Crippen molar-refractivity contribution in [3.05, 3.63) is 93.5 Å². The lowest BCUT2D eigenvalue weighted by molar-refractivity contribution is -0.127. The highest BCUT2D eigenvalue weighted by Crippen LogP contribution is 2.62. The number of ether oxygens (including phenoxy) is 2. The molecule has 0 radical (unpaired) electrons. The molecule has 3 aromatic carbocycles. The molecule has 40 heavy (non-hydrogen) atoms. The first-order valence-electron chi connectivity index (χ1n) is 13.3. The number of rotatable bonds is 4. The fourth-order valence-electron chi connectivity index (χ4n) is 6.89. The normalized spacial score (nSPS) is 22.2. The average Bonchev–Trinajstić information content (AvgIpc) is 3.37. The maximum Gasteiger partial charge on any atom is 0.180 e. The van der Waals surface area contributed by atoms with Crippen LogP contribution in [0.4, 0.5) is 5.69 Å². The van der Waals surface area contributed by atoms with Crippen LogP contribution in [0.15, 0.2) is 71.2 Å². The number of para-hydroxylation sites is 1. The van der Waals surface area contributed by atoms with Gasteiger partial charge in [-0.2, -0.15) is 0 Å². The molecule has 3 aromatic rings. The van der Waals surface area contributed by atoms with Crippen molar-refractivity contribution in [2.24, 2.45) is 10.8 Å². The van der Waals surface area contributed by atoms with E-state index in [0.29, 0.717) is 28.2 Å². The van der Waals surface area contributed by atoms with E-state index in [9.17, 15) is 14.4 Å². The van der Waals surface area contributed by atoms with Crippen molar-refractivity contribution in [2.45, 2.75) is 38.8 Å². The van der Waals surface area contributed by atoms with Gasteiger partial charge in [0.05, 0.1) is 26.3 Å². The van der Waals surface area contributed by atoms with E-state index < -0.39 is 28.8 Å². The summed E-state index contributed by atoms with van der Waals surface area (Å²) in [6.07, 6.45) is 3.88. The van der Waals surface area contributed by atoms with Crippen LogP contribution < -0.4 is 14.4 Å². The summed E-state index contributed by atoms with van der Waals surface area (Å²) in [5, 5.41) is 0. The number of ketones is 3. The van der Waals surface area contributed by atoms with Crippen LogP contribution in [0.3, 0.4) is 0 Å². The van der Waals surface area contributed by atoms with Gasteiger partial charge >= 0.3 is 0 Å². The first-order chi connectivity index (χ1) is 19.1. The third-order valence-corrected chi connectivity index (χ3v) is 9.04. The zero-order valence-electron chi connectivity index (χ0n) is 23.0. The second-order valence-electron chi connectivity index (χ2n) is 11.6. The molecular weight excluding hydrogens is 570 g/mol. The SMILES string of the molecule is COc1cccc([C@@H]2[C@H](C(=O)C(C)(C)C)N3c4ccc(Br)cc4C=C[C@@H]3C23C(=O)c2ccccc2C3=O)c1OC. The Morgan fingerprint density at radius 2 is 1.60 bits per heavy atom. The van der Waals surface area contributed by atoms with E-state index in [1.54, 1.807) is 37.4 Å². The Morgan fingerprint density at radius 1 is 0.925 bits per heavy atom. The maximum absolute atomic E-state index is 14.7. The molecule has 7 heteroatoms. The summed E-state index contributed by atoms with van der Waals surface area (Å²) in [6, 6.07) is 16.8. The van der Waals surface area contributed by atoms with Crippen LogP contribution in [0, 0.1) is 10.8 Å². The number of hydrogen-bond acceptors (Lipinski definition) is 6. The number of hydrogen-bond donors (Lipinski definition) is 0. The molecule has 1 aliphatic carbocycles. The first-order valence-corrected chi connectivity index (χ1v) is 14.1. The van der Waals surface area contributed by atoms with Crippen molar-refractivity contribution in [1.82, 2.24) is 0 Å². The molecule has 0 aromatic heterocycles. The first kappa shape index (κ1) is 26.5. The van der Waals surface area contributed by atoms with Crippen molar-refractivity contribution < 1.29 is 23.9 Å². The molecule has 2 heterocycles. The molecule has 1 fully saturated rings. The predicted molar refractivity (Wildman–Crippen MR) is 158 cm³/mol. The molecule has 0 amide bonds. The molecular formula is C33H30BrNO5. The minimum absolute atomic E-state index is 0.0648. The number of carbonyl (C=O) groups excluding carboxylic acids is 3.